The molecule has 0 spiro atoms. The van der Waals surface area contributed by atoms with E-state index in [2.05, 4.69) is 26.1 Å². The summed E-state index contributed by atoms with van der Waals surface area (Å²) in [4.78, 5) is 12.4. The van der Waals surface area contributed by atoms with E-state index >= 15 is 0 Å². The number of aromatic carboxylic acids is 1. The third kappa shape index (κ3) is 3.60. The molecule has 2 aromatic rings. The van der Waals surface area contributed by atoms with Crippen LogP contribution in [0.1, 0.15) is 10.4 Å². The fourth-order valence-corrected chi connectivity index (χ4v) is 2.97. The number of halogens is 3. The maximum Gasteiger partial charge on any atom is 0.336 e. The van der Waals surface area contributed by atoms with Crippen molar-refractivity contribution >= 4 is 56.9 Å². The van der Waals surface area contributed by atoms with Gasteiger partial charge in [-0.05, 0) is 40.2 Å². The first kappa shape index (κ1) is 14.6. The van der Waals surface area contributed by atoms with E-state index in [1.54, 1.807) is 24.3 Å². The predicted octanol–water partition coefficient (Wildman–Crippen LogP) is 4.40. The highest BCUT2D eigenvalue weighted by atomic mass is 79.9. The van der Waals surface area contributed by atoms with E-state index < -0.39 is 5.97 Å². The molecular formula is C11H5BrCl2N2O2S. The van der Waals surface area contributed by atoms with Gasteiger partial charge in [0.05, 0.1) is 10.5 Å². The largest absolute Gasteiger partial charge is 0.478 e. The monoisotopic (exact) mass is 378 g/mol. The van der Waals surface area contributed by atoms with Crippen LogP contribution < -0.4 is 0 Å². The minimum atomic E-state index is -1.01. The molecule has 0 amide bonds. The predicted molar refractivity (Wildman–Crippen MR) is 77.3 cm³/mol. The molecule has 8 heteroatoms. The number of carbonyl (C=O) groups is 1. The van der Waals surface area contributed by atoms with Crippen molar-refractivity contribution < 1.29 is 9.90 Å². The summed E-state index contributed by atoms with van der Waals surface area (Å²) in [5.74, 6) is -1.01. The van der Waals surface area contributed by atoms with Crippen LogP contribution in [0.2, 0.25) is 10.3 Å². The van der Waals surface area contributed by atoms with E-state index in [0.717, 1.165) is 0 Å². The van der Waals surface area contributed by atoms with Crippen molar-refractivity contribution in [3.05, 3.63) is 44.6 Å². The highest BCUT2D eigenvalue weighted by Crippen LogP contribution is 2.34. The average Bonchev–Trinajstić information content (AvgIpc) is 2.36. The Kier molecular flexibility index (Phi) is 4.67. The summed E-state index contributed by atoms with van der Waals surface area (Å²) in [5.41, 5.74) is 0.175. The van der Waals surface area contributed by atoms with Gasteiger partial charge in [0.15, 0.2) is 10.3 Å². The van der Waals surface area contributed by atoms with Crippen LogP contribution in [0.3, 0.4) is 0 Å². The summed E-state index contributed by atoms with van der Waals surface area (Å²) in [6.45, 7) is 0. The lowest BCUT2D eigenvalue weighted by atomic mass is 10.2. The second kappa shape index (κ2) is 6.09. The zero-order chi connectivity index (χ0) is 14.0. The van der Waals surface area contributed by atoms with Crippen molar-refractivity contribution in [2.45, 2.75) is 9.79 Å². The molecule has 0 aliphatic carbocycles. The van der Waals surface area contributed by atoms with E-state index in [1.807, 2.05) is 0 Å². The number of hydrogen-bond donors (Lipinski definition) is 1. The van der Waals surface area contributed by atoms with Gasteiger partial charge < -0.3 is 5.11 Å². The summed E-state index contributed by atoms with van der Waals surface area (Å²) in [7, 11) is 0. The quantitative estimate of drug-likeness (QED) is 0.856. The van der Waals surface area contributed by atoms with Crippen LogP contribution in [0.5, 0.6) is 0 Å². The Morgan fingerprint density at radius 3 is 2.68 bits per heavy atom. The second-order valence-corrected chi connectivity index (χ2v) is 6.09. The zero-order valence-electron chi connectivity index (χ0n) is 9.10. The van der Waals surface area contributed by atoms with Gasteiger partial charge in [0.1, 0.15) is 0 Å². The van der Waals surface area contributed by atoms with Crippen LogP contribution in [0.4, 0.5) is 0 Å². The van der Waals surface area contributed by atoms with Crippen LogP contribution in [-0.2, 0) is 0 Å². The van der Waals surface area contributed by atoms with Gasteiger partial charge in [-0.3, -0.25) is 0 Å². The Hall–Kier alpha value is -0.820. The first-order valence-corrected chi connectivity index (χ1v) is 7.23. The summed E-state index contributed by atoms with van der Waals surface area (Å²) in [5, 5.41) is 16.8. The van der Waals surface area contributed by atoms with Crippen molar-refractivity contribution in [2.24, 2.45) is 0 Å². The molecule has 0 atom stereocenters. The molecule has 0 saturated heterocycles. The SMILES string of the molecule is O=C(O)c1cc(Sc2cc(Cl)nnc2Cl)ccc1Br. The number of rotatable bonds is 3. The van der Waals surface area contributed by atoms with Gasteiger partial charge in [0.2, 0.25) is 0 Å². The summed E-state index contributed by atoms with van der Waals surface area (Å²) < 4.78 is 0.515. The highest BCUT2D eigenvalue weighted by molar-refractivity contribution is 9.10. The molecule has 98 valence electrons. The molecule has 4 nitrogen and oxygen atoms in total. The second-order valence-electron chi connectivity index (χ2n) is 3.37. The van der Waals surface area contributed by atoms with Gasteiger partial charge >= 0.3 is 5.97 Å². The molecule has 0 radical (unpaired) electrons. The van der Waals surface area contributed by atoms with Crippen LogP contribution >= 0.6 is 50.9 Å². The molecule has 1 N–H and O–H groups in total. The van der Waals surface area contributed by atoms with Gasteiger partial charge in [-0.25, -0.2) is 4.79 Å². The van der Waals surface area contributed by atoms with Gasteiger partial charge in [-0.1, -0.05) is 35.0 Å². The lowest BCUT2D eigenvalue weighted by Crippen LogP contribution is -1.97. The number of carboxylic acid groups (broad SMARTS) is 1. The van der Waals surface area contributed by atoms with Gasteiger partial charge in [-0.2, -0.15) is 0 Å². The lowest BCUT2D eigenvalue weighted by molar-refractivity contribution is 0.0695. The topological polar surface area (TPSA) is 63.1 Å². The fraction of sp³-hybridized carbons (Fsp3) is 0. The third-order valence-electron chi connectivity index (χ3n) is 2.08. The number of aromatic nitrogens is 2. The van der Waals surface area contributed by atoms with E-state index in [-0.39, 0.29) is 15.9 Å². The van der Waals surface area contributed by atoms with Crippen LogP contribution in [0.25, 0.3) is 0 Å². The van der Waals surface area contributed by atoms with Gasteiger partial charge in [-0.15, -0.1) is 10.2 Å². The third-order valence-corrected chi connectivity index (χ3v) is 4.37. The Labute approximate surface area is 131 Å². The minimum absolute atomic E-state index is 0.175. The Morgan fingerprint density at radius 2 is 2.00 bits per heavy atom. The maximum absolute atomic E-state index is 11.0. The van der Waals surface area contributed by atoms with Gasteiger partial charge in [0.25, 0.3) is 0 Å². The molecule has 19 heavy (non-hydrogen) atoms. The highest BCUT2D eigenvalue weighted by Gasteiger charge is 2.11. The molecule has 1 aromatic carbocycles. The van der Waals surface area contributed by atoms with E-state index in [0.29, 0.717) is 14.3 Å². The normalized spacial score (nSPS) is 10.5. The molecule has 0 bridgehead atoms. The van der Waals surface area contributed by atoms with E-state index in [4.69, 9.17) is 28.3 Å². The molecule has 1 aromatic heterocycles. The smallest absolute Gasteiger partial charge is 0.336 e. The van der Waals surface area contributed by atoms with Crippen molar-refractivity contribution in [3.63, 3.8) is 0 Å². The van der Waals surface area contributed by atoms with Crippen molar-refractivity contribution in [1.29, 1.82) is 0 Å². The number of carboxylic acids is 1. The molecule has 0 saturated carbocycles. The Bertz CT molecular complexity index is 655. The van der Waals surface area contributed by atoms with E-state index in [9.17, 15) is 4.79 Å². The molecule has 0 unspecified atom stereocenters. The lowest BCUT2D eigenvalue weighted by Gasteiger charge is -2.05. The van der Waals surface area contributed by atoms with Crippen LogP contribution in [0.15, 0.2) is 38.5 Å². The number of nitrogens with zero attached hydrogens (tertiary/aromatic N) is 2. The first-order chi connectivity index (χ1) is 8.97. The molecule has 0 fully saturated rings. The molecule has 2 rings (SSSR count). The number of hydrogen-bond acceptors (Lipinski definition) is 4. The molecule has 0 aliphatic rings. The van der Waals surface area contributed by atoms with Crippen LogP contribution in [0, 0.1) is 0 Å². The zero-order valence-corrected chi connectivity index (χ0v) is 13.0. The summed E-state index contributed by atoms with van der Waals surface area (Å²) in [6, 6.07) is 6.55. The minimum Gasteiger partial charge on any atom is -0.478 e. The summed E-state index contributed by atoms with van der Waals surface area (Å²) >= 11 is 16.1. The Morgan fingerprint density at radius 1 is 1.26 bits per heavy atom. The van der Waals surface area contributed by atoms with Crippen LogP contribution in [-0.4, -0.2) is 21.3 Å². The van der Waals surface area contributed by atoms with Gasteiger partial charge in [0, 0.05) is 9.37 Å². The Balaban J connectivity index is 2.36. The first-order valence-electron chi connectivity index (χ1n) is 4.87. The molecule has 0 aliphatic heterocycles. The van der Waals surface area contributed by atoms with Crippen molar-refractivity contribution in [3.8, 4) is 0 Å². The van der Waals surface area contributed by atoms with Crippen molar-refractivity contribution in [2.75, 3.05) is 0 Å². The van der Waals surface area contributed by atoms with E-state index in [1.165, 1.54) is 11.8 Å². The molecule has 1 heterocycles. The fourth-order valence-electron chi connectivity index (χ4n) is 1.27. The number of benzene rings is 1. The van der Waals surface area contributed by atoms with Crippen molar-refractivity contribution in [1.82, 2.24) is 10.2 Å². The maximum atomic E-state index is 11.0. The molecular weight excluding hydrogens is 375 g/mol. The standard InChI is InChI=1S/C11H5BrCl2N2O2S/c12-7-2-1-5(3-6(7)11(17)18)19-8-4-9(13)15-16-10(8)14/h1-4H,(H,17,18). The average molecular weight is 380 g/mol. The summed E-state index contributed by atoms with van der Waals surface area (Å²) in [6.07, 6.45) is 0.